The molecule has 7 heteroatoms. The fraction of sp³-hybridized carbons (Fsp3) is 0.158. The van der Waals surface area contributed by atoms with Crippen molar-refractivity contribution in [1.82, 2.24) is 4.73 Å². The van der Waals surface area contributed by atoms with Crippen molar-refractivity contribution in [2.75, 3.05) is 0 Å². The summed E-state index contributed by atoms with van der Waals surface area (Å²) in [4.78, 5) is 12.9. The molecule has 2 aromatic carbocycles. The van der Waals surface area contributed by atoms with E-state index in [-0.39, 0.29) is 28.0 Å². The largest absolute Gasteiger partial charge is 0.428 e. The van der Waals surface area contributed by atoms with E-state index in [0.717, 1.165) is 10.3 Å². The van der Waals surface area contributed by atoms with Crippen LogP contribution < -0.4 is 5.43 Å². The third-order valence-corrected chi connectivity index (χ3v) is 5.32. The smallest absolute Gasteiger partial charge is 0.199 e. The Hall–Kier alpha value is -2.50. The molecule has 2 N–H and O–H groups in total. The first kappa shape index (κ1) is 16.9. The van der Waals surface area contributed by atoms with Gasteiger partial charge in [0.2, 0.25) is 0 Å². The van der Waals surface area contributed by atoms with E-state index < -0.39 is 0 Å². The van der Waals surface area contributed by atoms with Crippen molar-refractivity contribution in [3.63, 3.8) is 0 Å². The molecule has 0 bridgehead atoms. The van der Waals surface area contributed by atoms with Gasteiger partial charge in [0.1, 0.15) is 0 Å². The summed E-state index contributed by atoms with van der Waals surface area (Å²) in [6, 6.07) is 12.1. The first-order chi connectivity index (χ1) is 12.5. The van der Waals surface area contributed by atoms with E-state index in [1.807, 2.05) is 12.1 Å². The highest BCUT2D eigenvalue weighted by Gasteiger charge is 2.31. The highest BCUT2D eigenvalue weighted by atomic mass is 35.5. The Kier molecular flexibility index (Phi) is 4.13. The number of oxime groups is 1. The molecule has 132 valence electrons. The Labute approximate surface area is 158 Å². The van der Waals surface area contributed by atoms with Crippen molar-refractivity contribution in [2.45, 2.75) is 18.8 Å². The Balaban J connectivity index is 1.94. The van der Waals surface area contributed by atoms with Crippen molar-refractivity contribution in [1.29, 1.82) is 0 Å². The maximum atomic E-state index is 12.9. The summed E-state index contributed by atoms with van der Waals surface area (Å²) >= 11 is 11.9. The van der Waals surface area contributed by atoms with Crippen molar-refractivity contribution in [2.24, 2.45) is 5.16 Å². The van der Waals surface area contributed by atoms with E-state index in [2.05, 4.69) is 5.16 Å². The molecule has 0 aliphatic heterocycles. The summed E-state index contributed by atoms with van der Waals surface area (Å²) in [5.74, 6) is -0.0479. The minimum Gasteiger partial charge on any atom is -0.428 e. The van der Waals surface area contributed by atoms with Gasteiger partial charge in [0.15, 0.2) is 5.43 Å². The van der Waals surface area contributed by atoms with E-state index in [1.165, 1.54) is 6.07 Å². The van der Waals surface area contributed by atoms with Crippen molar-refractivity contribution >= 4 is 39.8 Å². The zero-order valence-electron chi connectivity index (χ0n) is 13.5. The average Bonchev–Trinajstić information content (AvgIpc) is 2.65. The predicted molar refractivity (Wildman–Crippen MR) is 101 cm³/mol. The summed E-state index contributed by atoms with van der Waals surface area (Å²) in [5.41, 5.74) is 1.96. The highest BCUT2D eigenvalue weighted by Crippen LogP contribution is 2.33. The summed E-state index contributed by atoms with van der Waals surface area (Å²) in [6.07, 6.45) is 0.812. The number of pyridine rings is 1. The summed E-state index contributed by atoms with van der Waals surface area (Å²) in [6.45, 7) is 0. The molecule has 1 aromatic heterocycles. The van der Waals surface area contributed by atoms with Crippen LogP contribution in [0.25, 0.3) is 10.9 Å². The van der Waals surface area contributed by atoms with Gasteiger partial charge in [-0.25, -0.2) is 0 Å². The van der Waals surface area contributed by atoms with Crippen LogP contribution in [0.2, 0.25) is 10.0 Å². The lowest BCUT2D eigenvalue weighted by molar-refractivity contribution is 0.185. The molecule has 0 radical (unpaired) electrons. The van der Waals surface area contributed by atoms with E-state index in [1.54, 1.807) is 24.3 Å². The number of fused-ring (bicyclic) bond motifs is 2. The molecule has 0 spiro atoms. The number of aromatic nitrogens is 1. The molecule has 0 saturated heterocycles. The lowest BCUT2D eigenvalue weighted by Gasteiger charge is -2.27. The molecule has 1 aliphatic carbocycles. The topological polar surface area (TPSA) is 74.8 Å². The third kappa shape index (κ3) is 2.64. The Morgan fingerprint density at radius 1 is 1.04 bits per heavy atom. The van der Waals surface area contributed by atoms with Gasteiger partial charge in [0.25, 0.3) is 0 Å². The summed E-state index contributed by atoms with van der Waals surface area (Å²) < 4.78 is 0.996. The average molecular weight is 389 g/mol. The normalized spacial score (nSPS) is 18.2. The quantitative estimate of drug-likeness (QED) is 0.367. The molecule has 0 saturated carbocycles. The van der Waals surface area contributed by atoms with Crippen LogP contribution in [-0.2, 0) is 6.42 Å². The molecule has 3 aromatic rings. The van der Waals surface area contributed by atoms with Gasteiger partial charge in [-0.1, -0.05) is 40.5 Å². The lowest BCUT2D eigenvalue weighted by atomic mass is 9.80. The number of nitrogens with zero attached hydrogens (tertiary/aromatic N) is 2. The fourth-order valence-electron chi connectivity index (χ4n) is 3.58. The van der Waals surface area contributed by atoms with E-state index in [9.17, 15) is 15.2 Å². The molecule has 1 aliphatic rings. The van der Waals surface area contributed by atoms with Crippen molar-refractivity contribution in [3.05, 3.63) is 79.6 Å². The minimum absolute atomic E-state index is 0.0479. The van der Waals surface area contributed by atoms with E-state index >= 15 is 0 Å². The second kappa shape index (κ2) is 6.34. The van der Waals surface area contributed by atoms with Crippen molar-refractivity contribution in [3.8, 4) is 0 Å². The zero-order chi connectivity index (χ0) is 18.4. The van der Waals surface area contributed by atoms with E-state index in [0.29, 0.717) is 34.1 Å². The summed E-state index contributed by atoms with van der Waals surface area (Å²) in [7, 11) is 0. The maximum Gasteiger partial charge on any atom is 0.199 e. The molecular weight excluding hydrogens is 375 g/mol. The van der Waals surface area contributed by atoms with Crippen LogP contribution in [0.3, 0.4) is 0 Å². The van der Waals surface area contributed by atoms with Gasteiger partial charge >= 0.3 is 0 Å². The lowest BCUT2D eigenvalue weighted by Crippen LogP contribution is -2.31. The Bertz CT molecular complexity index is 1100. The van der Waals surface area contributed by atoms with E-state index in [4.69, 9.17) is 23.2 Å². The zero-order valence-corrected chi connectivity index (χ0v) is 15.0. The molecule has 4 rings (SSSR count). The van der Waals surface area contributed by atoms with Gasteiger partial charge in [-0.3, -0.25) is 4.79 Å². The van der Waals surface area contributed by atoms with Gasteiger partial charge in [-0.2, -0.15) is 4.73 Å². The van der Waals surface area contributed by atoms with Crippen LogP contribution in [0, 0.1) is 0 Å². The molecular formula is C19H14Cl2N2O3. The van der Waals surface area contributed by atoms with Crippen LogP contribution >= 0.6 is 23.2 Å². The van der Waals surface area contributed by atoms with Gasteiger partial charge < -0.3 is 10.4 Å². The standard InChI is InChI=1S/C19H14Cl2N2O3/c20-12-3-1-10(2-4-12)11-7-15(22-25)18-17(8-11)23(26)16-6-5-13(21)9-14(16)19(18)24/h1-6,9,11,25-26H,7-8H2/b22-15-. The van der Waals surface area contributed by atoms with Gasteiger partial charge in [0, 0.05) is 16.5 Å². The fourth-order valence-corrected chi connectivity index (χ4v) is 3.88. The first-order valence-electron chi connectivity index (χ1n) is 8.02. The monoisotopic (exact) mass is 388 g/mol. The molecule has 1 unspecified atom stereocenters. The summed E-state index contributed by atoms with van der Waals surface area (Å²) in [5, 5.41) is 24.9. The molecule has 0 fully saturated rings. The molecule has 26 heavy (non-hydrogen) atoms. The minimum atomic E-state index is -0.301. The highest BCUT2D eigenvalue weighted by molar-refractivity contribution is 6.31. The number of benzene rings is 2. The van der Waals surface area contributed by atoms with Crippen molar-refractivity contribution < 1.29 is 10.4 Å². The van der Waals surface area contributed by atoms with Crippen LogP contribution in [0.5, 0.6) is 0 Å². The van der Waals surface area contributed by atoms with Crippen LogP contribution in [0.15, 0.2) is 52.4 Å². The Morgan fingerprint density at radius 3 is 2.42 bits per heavy atom. The second-order valence-corrected chi connectivity index (χ2v) is 7.20. The number of rotatable bonds is 1. The van der Waals surface area contributed by atoms with Gasteiger partial charge in [-0.05, 0) is 48.2 Å². The Morgan fingerprint density at radius 2 is 1.73 bits per heavy atom. The van der Waals surface area contributed by atoms with Crippen LogP contribution in [0.1, 0.15) is 29.2 Å². The SMILES string of the molecule is O=c1c2c(n(O)c3ccc(Cl)cc13)CC(c1ccc(Cl)cc1)C/C2=N/O. The second-order valence-electron chi connectivity index (χ2n) is 6.33. The number of hydrogen-bond donors (Lipinski definition) is 2. The van der Waals surface area contributed by atoms with Gasteiger partial charge in [0.05, 0.1) is 27.9 Å². The predicted octanol–water partition coefficient (Wildman–Crippen LogP) is 4.45. The van der Waals surface area contributed by atoms with Crippen LogP contribution in [0.4, 0.5) is 0 Å². The number of halogens is 2. The molecule has 1 heterocycles. The third-order valence-electron chi connectivity index (χ3n) is 4.83. The van der Waals surface area contributed by atoms with Crippen LogP contribution in [-0.4, -0.2) is 20.9 Å². The number of hydrogen-bond acceptors (Lipinski definition) is 4. The molecule has 5 nitrogen and oxygen atoms in total. The maximum absolute atomic E-state index is 12.9. The molecule has 0 amide bonds. The molecule has 1 atom stereocenters. The van der Waals surface area contributed by atoms with Gasteiger partial charge in [-0.15, -0.1) is 0 Å². The first-order valence-corrected chi connectivity index (χ1v) is 8.78.